The number of pyridine rings is 1. The number of nitrogens with zero attached hydrogens (tertiary/aromatic N) is 3. The summed E-state index contributed by atoms with van der Waals surface area (Å²) in [5.41, 5.74) is 2.90. The van der Waals surface area contributed by atoms with Gasteiger partial charge in [0.15, 0.2) is 5.82 Å². The summed E-state index contributed by atoms with van der Waals surface area (Å²) < 4.78 is 0. The minimum Gasteiger partial charge on any atom is -0.325 e. The largest absolute Gasteiger partial charge is 0.325 e. The summed E-state index contributed by atoms with van der Waals surface area (Å²) in [6.45, 7) is 2.10. The van der Waals surface area contributed by atoms with Crippen LogP contribution in [0.1, 0.15) is 12.5 Å². The fourth-order valence-corrected chi connectivity index (χ4v) is 2.69. The fourth-order valence-electron chi connectivity index (χ4n) is 2.09. The minimum atomic E-state index is -0.0861. The average Bonchev–Trinajstić information content (AvgIpc) is 3.10. The molecule has 6 nitrogen and oxygen atoms in total. The molecule has 0 aliphatic rings. The molecular formula is C17H17N5OS. The van der Waals surface area contributed by atoms with Crippen LogP contribution in [-0.4, -0.2) is 31.8 Å². The van der Waals surface area contributed by atoms with Crippen LogP contribution in [0.5, 0.6) is 0 Å². The molecule has 0 saturated carbocycles. The lowest BCUT2D eigenvalue weighted by atomic mass is 10.1. The van der Waals surface area contributed by atoms with Crippen molar-refractivity contribution in [2.75, 3.05) is 11.1 Å². The van der Waals surface area contributed by atoms with Gasteiger partial charge >= 0.3 is 0 Å². The smallest absolute Gasteiger partial charge is 0.234 e. The number of aromatic nitrogens is 4. The number of aryl methyl sites for hydroxylation is 1. The Kier molecular flexibility index (Phi) is 5.22. The maximum Gasteiger partial charge on any atom is 0.234 e. The quantitative estimate of drug-likeness (QED) is 0.674. The number of nitrogens with one attached hydrogen (secondary N) is 2. The van der Waals surface area contributed by atoms with Crippen LogP contribution in [0.3, 0.4) is 0 Å². The van der Waals surface area contributed by atoms with E-state index in [1.807, 2.05) is 36.4 Å². The van der Waals surface area contributed by atoms with Crippen LogP contribution in [0.2, 0.25) is 0 Å². The maximum atomic E-state index is 12.0. The summed E-state index contributed by atoms with van der Waals surface area (Å²) in [5.74, 6) is 0.804. The second-order valence-corrected chi connectivity index (χ2v) is 6.04. The third-order valence-corrected chi connectivity index (χ3v) is 4.23. The second-order valence-electron chi connectivity index (χ2n) is 5.10. The lowest BCUT2D eigenvalue weighted by Gasteiger charge is -2.04. The van der Waals surface area contributed by atoms with Crippen molar-refractivity contribution < 1.29 is 4.79 Å². The third kappa shape index (κ3) is 4.20. The molecule has 1 aromatic carbocycles. The van der Waals surface area contributed by atoms with Gasteiger partial charge in [-0.15, -0.1) is 5.10 Å². The third-order valence-electron chi connectivity index (χ3n) is 3.38. The number of carbonyl (C=O) groups is 1. The van der Waals surface area contributed by atoms with Crippen LogP contribution in [0.4, 0.5) is 5.69 Å². The summed E-state index contributed by atoms with van der Waals surface area (Å²) in [6, 6.07) is 11.6. The summed E-state index contributed by atoms with van der Waals surface area (Å²) in [4.78, 5) is 20.4. The molecule has 0 spiro atoms. The van der Waals surface area contributed by atoms with E-state index in [9.17, 15) is 4.79 Å². The van der Waals surface area contributed by atoms with E-state index in [0.717, 1.165) is 17.7 Å². The molecule has 3 rings (SSSR count). The number of hydrogen-bond acceptors (Lipinski definition) is 5. The van der Waals surface area contributed by atoms with Crippen molar-refractivity contribution in [2.45, 2.75) is 18.5 Å². The highest BCUT2D eigenvalue weighted by Gasteiger charge is 2.09. The van der Waals surface area contributed by atoms with E-state index in [2.05, 4.69) is 32.4 Å². The number of thioether (sulfide) groups is 1. The molecule has 0 unspecified atom stereocenters. The maximum absolute atomic E-state index is 12.0. The molecule has 0 saturated heterocycles. The van der Waals surface area contributed by atoms with Gasteiger partial charge in [-0.3, -0.25) is 14.9 Å². The van der Waals surface area contributed by atoms with Crippen molar-refractivity contribution >= 4 is 23.4 Å². The van der Waals surface area contributed by atoms with Gasteiger partial charge in [0.25, 0.3) is 0 Å². The van der Waals surface area contributed by atoms with Gasteiger partial charge in [0.05, 0.1) is 5.75 Å². The molecule has 0 fully saturated rings. The van der Waals surface area contributed by atoms with Gasteiger partial charge in [-0.2, -0.15) is 0 Å². The van der Waals surface area contributed by atoms with Crippen molar-refractivity contribution in [3.8, 4) is 11.4 Å². The van der Waals surface area contributed by atoms with Crippen molar-refractivity contribution in [1.29, 1.82) is 0 Å². The molecule has 122 valence electrons. The molecule has 1 amide bonds. The number of anilines is 1. The van der Waals surface area contributed by atoms with Gasteiger partial charge in [-0.1, -0.05) is 30.8 Å². The molecule has 3 aromatic rings. The highest BCUT2D eigenvalue weighted by atomic mass is 32.2. The highest BCUT2D eigenvalue weighted by Crippen LogP contribution is 2.18. The summed E-state index contributed by atoms with van der Waals surface area (Å²) in [5, 5.41) is 10.4. The van der Waals surface area contributed by atoms with Crippen molar-refractivity contribution in [1.82, 2.24) is 20.2 Å². The van der Waals surface area contributed by atoms with Crippen LogP contribution in [0.25, 0.3) is 11.4 Å². The van der Waals surface area contributed by atoms with Crippen LogP contribution in [0, 0.1) is 0 Å². The molecule has 0 radical (unpaired) electrons. The van der Waals surface area contributed by atoms with Crippen molar-refractivity contribution in [3.63, 3.8) is 0 Å². The average molecular weight is 339 g/mol. The molecule has 2 heterocycles. The van der Waals surface area contributed by atoms with E-state index in [-0.39, 0.29) is 11.7 Å². The van der Waals surface area contributed by atoms with Gasteiger partial charge in [0.1, 0.15) is 0 Å². The molecule has 0 aliphatic heterocycles. The summed E-state index contributed by atoms with van der Waals surface area (Å²) in [7, 11) is 0. The predicted molar refractivity (Wildman–Crippen MR) is 94.8 cm³/mol. The lowest BCUT2D eigenvalue weighted by molar-refractivity contribution is -0.113. The molecular weight excluding hydrogens is 322 g/mol. The van der Waals surface area contributed by atoms with Gasteiger partial charge in [-0.05, 0) is 36.2 Å². The van der Waals surface area contributed by atoms with Crippen LogP contribution in [0.15, 0.2) is 53.9 Å². The van der Waals surface area contributed by atoms with E-state index in [0.29, 0.717) is 11.0 Å². The Labute approximate surface area is 144 Å². The summed E-state index contributed by atoms with van der Waals surface area (Å²) in [6.07, 6.45) is 4.39. The SMILES string of the molecule is CCc1ccc(NC(=O)CSc2n[nH]c(-c3cccnc3)n2)cc1. The molecule has 0 aliphatic carbocycles. The predicted octanol–water partition coefficient (Wildman–Crippen LogP) is 3.16. The number of aromatic amines is 1. The fraction of sp³-hybridized carbons (Fsp3) is 0.176. The Morgan fingerprint density at radius 2 is 2.08 bits per heavy atom. The van der Waals surface area contributed by atoms with Crippen LogP contribution in [-0.2, 0) is 11.2 Å². The number of benzene rings is 1. The van der Waals surface area contributed by atoms with Crippen LogP contribution >= 0.6 is 11.8 Å². The number of amides is 1. The molecule has 0 bridgehead atoms. The van der Waals surface area contributed by atoms with Crippen molar-refractivity contribution in [3.05, 3.63) is 54.4 Å². The van der Waals surface area contributed by atoms with Gasteiger partial charge in [-0.25, -0.2) is 4.98 Å². The van der Waals surface area contributed by atoms with Gasteiger partial charge in [0, 0.05) is 23.6 Å². The zero-order chi connectivity index (χ0) is 16.8. The topological polar surface area (TPSA) is 83.6 Å². The zero-order valence-corrected chi connectivity index (χ0v) is 14.0. The molecule has 24 heavy (non-hydrogen) atoms. The van der Waals surface area contributed by atoms with E-state index < -0.39 is 0 Å². The minimum absolute atomic E-state index is 0.0861. The lowest BCUT2D eigenvalue weighted by Crippen LogP contribution is -2.14. The Morgan fingerprint density at radius 3 is 2.79 bits per heavy atom. The number of rotatable bonds is 6. The molecule has 0 atom stereocenters. The first-order valence-electron chi connectivity index (χ1n) is 7.59. The van der Waals surface area contributed by atoms with Crippen molar-refractivity contribution in [2.24, 2.45) is 0 Å². The number of hydrogen-bond donors (Lipinski definition) is 2. The Bertz CT molecular complexity index is 801. The summed E-state index contributed by atoms with van der Waals surface area (Å²) >= 11 is 1.29. The second kappa shape index (κ2) is 7.74. The highest BCUT2D eigenvalue weighted by molar-refractivity contribution is 7.99. The standard InChI is InChI=1S/C17H17N5OS/c1-2-12-5-7-14(8-6-12)19-15(23)11-24-17-20-16(21-22-17)13-4-3-9-18-10-13/h3-10H,2,11H2,1H3,(H,19,23)(H,20,21,22). The Hall–Kier alpha value is -2.67. The molecule has 7 heteroatoms. The van der Waals surface area contributed by atoms with E-state index >= 15 is 0 Å². The first-order chi connectivity index (χ1) is 11.7. The Balaban J connectivity index is 1.53. The molecule has 2 aromatic heterocycles. The van der Waals surface area contributed by atoms with Crippen LogP contribution < -0.4 is 5.32 Å². The zero-order valence-electron chi connectivity index (χ0n) is 13.2. The Morgan fingerprint density at radius 1 is 1.25 bits per heavy atom. The number of H-pyrrole nitrogens is 1. The molecule has 2 N–H and O–H groups in total. The van der Waals surface area contributed by atoms with E-state index in [1.54, 1.807) is 12.4 Å². The first kappa shape index (κ1) is 16.2. The van der Waals surface area contributed by atoms with Gasteiger partial charge in [0.2, 0.25) is 11.1 Å². The number of carbonyl (C=O) groups excluding carboxylic acids is 1. The van der Waals surface area contributed by atoms with E-state index in [1.165, 1.54) is 17.3 Å². The monoisotopic (exact) mass is 339 g/mol. The van der Waals surface area contributed by atoms with E-state index in [4.69, 9.17) is 0 Å². The first-order valence-corrected chi connectivity index (χ1v) is 8.57. The van der Waals surface area contributed by atoms with Gasteiger partial charge < -0.3 is 5.32 Å². The normalized spacial score (nSPS) is 10.5.